The van der Waals surface area contributed by atoms with Crippen LogP contribution in [0.3, 0.4) is 0 Å². The van der Waals surface area contributed by atoms with Gasteiger partial charge in [-0.1, -0.05) is 12.1 Å². The van der Waals surface area contributed by atoms with E-state index < -0.39 is 0 Å². The molecular weight excluding hydrogens is 382 g/mol. The van der Waals surface area contributed by atoms with Crippen LogP contribution in [0.5, 0.6) is 0 Å². The van der Waals surface area contributed by atoms with Crippen molar-refractivity contribution in [1.82, 2.24) is 25.1 Å². The molecule has 2 aliphatic rings. The van der Waals surface area contributed by atoms with E-state index in [1.54, 1.807) is 25.5 Å². The lowest BCUT2D eigenvalue weighted by molar-refractivity contribution is -0.133. The summed E-state index contributed by atoms with van der Waals surface area (Å²) in [5.41, 5.74) is 3.05. The minimum Gasteiger partial charge on any atom is -0.369 e. The van der Waals surface area contributed by atoms with Crippen LogP contribution in [-0.2, 0) is 9.53 Å². The highest BCUT2D eigenvalue weighted by atomic mass is 16.5. The van der Waals surface area contributed by atoms with Gasteiger partial charge in [-0.2, -0.15) is 0 Å². The number of carbonyl (C=O) groups excluding carboxylic acids is 2. The molecular formula is C22H27N5O3. The topological polar surface area (TPSA) is 87.7 Å². The van der Waals surface area contributed by atoms with E-state index in [4.69, 9.17) is 4.74 Å². The van der Waals surface area contributed by atoms with E-state index in [-0.39, 0.29) is 17.9 Å². The number of likely N-dealkylation sites (tertiary alicyclic amines) is 1. The smallest absolute Gasteiger partial charge is 0.269 e. The fourth-order valence-corrected chi connectivity index (χ4v) is 3.88. The lowest BCUT2D eigenvalue weighted by atomic mass is 10.1. The molecule has 2 fully saturated rings. The number of aromatic nitrogens is 2. The zero-order chi connectivity index (χ0) is 20.9. The lowest BCUT2D eigenvalue weighted by Crippen LogP contribution is -2.45. The van der Waals surface area contributed by atoms with Gasteiger partial charge >= 0.3 is 0 Å². The maximum Gasteiger partial charge on any atom is 0.269 e. The van der Waals surface area contributed by atoms with Crippen LogP contribution in [0.2, 0.25) is 0 Å². The minimum atomic E-state index is -0.211. The highest BCUT2D eigenvalue weighted by Crippen LogP contribution is 2.24. The predicted molar refractivity (Wildman–Crippen MR) is 112 cm³/mol. The van der Waals surface area contributed by atoms with Crippen LogP contribution in [0.1, 0.15) is 35.1 Å². The van der Waals surface area contributed by atoms with E-state index in [9.17, 15) is 9.59 Å². The number of hydrogen-bond acceptors (Lipinski definition) is 6. The average Bonchev–Trinajstić information content (AvgIpc) is 3.34. The Kier molecular flexibility index (Phi) is 6.35. The summed E-state index contributed by atoms with van der Waals surface area (Å²) in [6.07, 6.45) is 5.54. The number of carbonyl (C=O) groups is 2. The second kappa shape index (κ2) is 9.32. The third kappa shape index (κ3) is 4.66. The average molecular weight is 409 g/mol. The van der Waals surface area contributed by atoms with Crippen molar-refractivity contribution >= 4 is 11.8 Å². The first-order valence-electron chi connectivity index (χ1n) is 10.4. The van der Waals surface area contributed by atoms with Crippen molar-refractivity contribution in [2.24, 2.45) is 0 Å². The highest BCUT2D eigenvalue weighted by molar-refractivity contribution is 5.92. The Hall–Kier alpha value is -2.84. The fourth-order valence-electron chi connectivity index (χ4n) is 3.88. The molecule has 4 rings (SSSR count). The van der Waals surface area contributed by atoms with Crippen molar-refractivity contribution in [3.05, 3.63) is 48.0 Å². The molecule has 1 unspecified atom stereocenters. The van der Waals surface area contributed by atoms with Gasteiger partial charge in [0.05, 0.1) is 18.8 Å². The van der Waals surface area contributed by atoms with Crippen LogP contribution in [0.25, 0.3) is 11.1 Å². The summed E-state index contributed by atoms with van der Waals surface area (Å²) in [7, 11) is 1.58. The molecule has 8 heteroatoms. The Labute approximate surface area is 176 Å². The van der Waals surface area contributed by atoms with Crippen molar-refractivity contribution in [3.63, 3.8) is 0 Å². The lowest BCUT2D eigenvalue weighted by Gasteiger charge is -2.33. The quantitative estimate of drug-likeness (QED) is 0.805. The van der Waals surface area contributed by atoms with Gasteiger partial charge in [0.25, 0.3) is 5.91 Å². The fraction of sp³-hybridized carbons (Fsp3) is 0.455. The zero-order valence-electron chi connectivity index (χ0n) is 17.2. The molecule has 1 N–H and O–H groups in total. The Morgan fingerprint density at radius 3 is 2.43 bits per heavy atom. The molecule has 30 heavy (non-hydrogen) atoms. The van der Waals surface area contributed by atoms with Gasteiger partial charge in [-0.05, 0) is 25.0 Å². The van der Waals surface area contributed by atoms with Crippen molar-refractivity contribution < 1.29 is 14.3 Å². The largest absolute Gasteiger partial charge is 0.369 e. The first kappa shape index (κ1) is 20.4. The second-order valence-electron chi connectivity index (χ2n) is 7.67. The number of nitrogens with one attached hydrogen (secondary N) is 1. The van der Waals surface area contributed by atoms with Gasteiger partial charge in [-0.15, -0.1) is 0 Å². The maximum atomic E-state index is 12.4. The summed E-state index contributed by atoms with van der Waals surface area (Å²) in [6, 6.07) is 7.49. The third-order valence-corrected chi connectivity index (χ3v) is 5.64. The summed E-state index contributed by atoms with van der Waals surface area (Å²) in [5.74, 6) is 0.00129. The predicted octanol–water partition coefficient (Wildman–Crippen LogP) is 1.50. The van der Waals surface area contributed by atoms with E-state index >= 15 is 0 Å². The molecule has 2 aliphatic heterocycles. The molecule has 158 valence electrons. The monoisotopic (exact) mass is 409 g/mol. The van der Waals surface area contributed by atoms with Crippen LogP contribution in [0.4, 0.5) is 0 Å². The van der Waals surface area contributed by atoms with Gasteiger partial charge in [0.2, 0.25) is 5.91 Å². The van der Waals surface area contributed by atoms with Crippen LogP contribution in [0.15, 0.2) is 36.7 Å². The van der Waals surface area contributed by atoms with Gasteiger partial charge in [0, 0.05) is 56.7 Å². The van der Waals surface area contributed by atoms with Crippen molar-refractivity contribution in [2.75, 3.05) is 46.4 Å². The second-order valence-corrected chi connectivity index (χ2v) is 7.67. The van der Waals surface area contributed by atoms with Gasteiger partial charge in [-0.3, -0.25) is 24.5 Å². The maximum absolute atomic E-state index is 12.4. The Bertz CT molecular complexity index is 879. The molecule has 0 radical (unpaired) electrons. The number of pyridine rings is 2. The highest BCUT2D eigenvalue weighted by Gasteiger charge is 2.26. The molecule has 2 aromatic heterocycles. The number of morpholine rings is 1. The SMILES string of the molecule is CNC(=O)c1ccc(-c2ccc(C3CN(CC(=O)N4CCCC4)CCO3)nc2)cn1. The number of nitrogens with zero attached hydrogens (tertiary/aromatic N) is 4. The summed E-state index contributed by atoms with van der Waals surface area (Å²) < 4.78 is 5.92. The molecule has 4 heterocycles. The first-order valence-corrected chi connectivity index (χ1v) is 10.4. The summed E-state index contributed by atoms with van der Waals surface area (Å²) >= 11 is 0. The molecule has 2 amide bonds. The van der Waals surface area contributed by atoms with E-state index in [1.165, 1.54) is 0 Å². The van der Waals surface area contributed by atoms with Gasteiger partial charge in [0.15, 0.2) is 0 Å². The van der Waals surface area contributed by atoms with Crippen molar-refractivity contribution in [2.45, 2.75) is 18.9 Å². The minimum absolute atomic E-state index is 0.145. The van der Waals surface area contributed by atoms with Gasteiger partial charge < -0.3 is 15.0 Å². The number of hydrogen-bond donors (Lipinski definition) is 1. The van der Waals surface area contributed by atoms with Crippen LogP contribution < -0.4 is 5.32 Å². The van der Waals surface area contributed by atoms with E-state index in [0.29, 0.717) is 25.4 Å². The molecule has 0 saturated carbocycles. The van der Waals surface area contributed by atoms with Gasteiger partial charge in [-0.25, -0.2) is 0 Å². The molecule has 0 bridgehead atoms. The summed E-state index contributed by atoms with van der Waals surface area (Å²) in [5, 5.41) is 2.56. The molecule has 2 aromatic rings. The number of amides is 2. The Morgan fingerprint density at radius 1 is 1.07 bits per heavy atom. The normalized spacial score (nSPS) is 19.6. The molecule has 8 nitrogen and oxygen atoms in total. The number of ether oxygens (including phenoxy) is 1. The van der Waals surface area contributed by atoms with Crippen molar-refractivity contribution in [3.8, 4) is 11.1 Å². The molecule has 0 aliphatic carbocycles. The third-order valence-electron chi connectivity index (χ3n) is 5.64. The van der Waals surface area contributed by atoms with E-state index in [1.807, 2.05) is 23.1 Å². The molecule has 1 atom stereocenters. The van der Waals surface area contributed by atoms with Crippen LogP contribution >= 0.6 is 0 Å². The summed E-state index contributed by atoms with van der Waals surface area (Å²) in [6.45, 7) is 4.22. The van der Waals surface area contributed by atoms with E-state index in [0.717, 1.165) is 49.3 Å². The standard InChI is InChI=1S/C22H27N5O3/c1-23-22(29)19-7-5-17(13-25-19)16-4-6-18(24-12-16)20-14-26(10-11-30-20)15-21(28)27-8-2-3-9-27/h4-7,12-13,20H,2-3,8-11,14-15H2,1H3,(H,23,29). The Balaban J connectivity index is 1.38. The molecule has 0 spiro atoms. The van der Waals surface area contributed by atoms with Crippen LogP contribution in [0, 0.1) is 0 Å². The molecule has 0 aromatic carbocycles. The van der Waals surface area contributed by atoms with E-state index in [2.05, 4.69) is 20.2 Å². The molecule has 2 saturated heterocycles. The van der Waals surface area contributed by atoms with Gasteiger partial charge in [0.1, 0.15) is 11.8 Å². The van der Waals surface area contributed by atoms with Crippen molar-refractivity contribution in [1.29, 1.82) is 0 Å². The zero-order valence-corrected chi connectivity index (χ0v) is 17.2. The number of rotatable bonds is 5. The first-order chi connectivity index (χ1) is 14.6. The Morgan fingerprint density at radius 2 is 1.80 bits per heavy atom. The summed E-state index contributed by atoms with van der Waals surface area (Å²) in [4.78, 5) is 37.0. The van der Waals surface area contributed by atoms with Crippen LogP contribution in [-0.4, -0.2) is 78.0 Å².